The Morgan fingerprint density at radius 2 is 2.22 bits per heavy atom. The second kappa shape index (κ2) is 4.02. The van der Waals surface area contributed by atoms with Gasteiger partial charge in [-0.2, -0.15) is 0 Å². The molecular formula is C14H18ClFN2. The topological polar surface area (TPSA) is 15.3 Å². The molecule has 98 valence electrons. The van der Waals surface area contributed by atoms with Crippen LogP contribution in [0.1, 0.15) is 26.7 Å². The van der Waals surface area contributed by atoms with E-state index in [1.807, 2.05) is 0 Å². The van der Waals surface area contributed by atoms with Crippen LogP contribution in [0.4, 0.5) is 15.8 Å². The Bertz CT molecular complexity index is 487. The molecule has 1 aromatic rings. The molecule has 0 aromatic heterocycles. The summed E-state index contributed by atoms with van der Waals surface area (Å²) in [6, 6.07) is 3.70. The van der Waals surface area contributed by atoms with Crippen LogP contribution in [-0.4, -0.2) is 19.1 Å². The zero-order valence-electron chi connectivity index (χ0n) is 10.8. The van der Waals surface area contributed by atoms with Gasteiger partial charge in [0.2, 0.25) is 0 Å². The lowest BCUT2D eigenvalue weighted by Crippen LogP contribution is -2.55. The van der Waals surface area contributed by atoms with Gasteiger partial charge >= 0.3 is 0 Å². The van der Waals surface area contributed by atoms with E-state index in [-0.39, 0.29) is 16.3 Å². The largest absolute Gasteiger partial charge is 0.381 e. The van der Waals surface area contributed by atoms with E-state index in [2.05, 4.69) is 24.1 Å². The molecule has 0 radical (unpaired) electrons. The molecule has 0 aliphatic carbocycles. The monoisotopic (exact) mass is 268 g/mol. The highest BCUT2D eigenvalue weighted by Gasteiger charge is 2.40. The highest BCUT2D eigenvalue weighted by molar-refractivity contribution is 6.31. The molecule has 1 saturated heterocycles. The third-order valence-electron chi connectivity index (χ3n) is 4.33. The number of hydrogen-bond donors (Lipinski definition) is 1. The van der Waals surface area contributed by atoms with Gasteiger partial charge in [-0.1, -0.05) is 25.4 Å². The van der Waals surface area contributed by atoms with E-state index in [4.69, 9.17) is 11.6 Å². The maximum absolute atomic E-state index is 13.7. The number of nitrogens with zero attached hydrogens (tertiary/aromatic N) is 1. The first-order valence-electron chi connectivity index (χ1n) is 6.48. The van der Waals surface area contributed by atoms with Crippen molar-refractivity contribution >= 4 is 23.0 Å². The minimum absolute atomic E-state index is 0.191. The molecule has 1 atom stereocenters. The fourth-order valence-electron chi connectivity index (χ4n) is 3.25. The molecule has 2 nitrogen and oxygen atoms in total. The van der Waals surface area contributed by atoms with Crippen molar-refractivity contribution in [3.63, 3.8) is 0 Å². The summed E-state index contributed by atoms with van der Waals surface area (Å²) in [6.45, 7) is 6.50. The van der Waals surface area contributed by atoms with Crippen LogP contribution in [0.3, 0.4) is 0 Å². The molecule has 18 heavy (non-hydrogen) atoms. The maximum Gasteiger partial charge on any atom is 0.144 e. The van der Waals surface area contributed by atoms with Crippen molar-refractivity contribution in [2.45, 2.75) is 32.7 Å². The van der Waals surface area contributed by atoms with Crippen molar-refractivity contribution in [1.29, 1.82) is 0 Å². The van der Waals surface area contributed by atoms with E-state index in [9.17, 15) is 4.39 Å². The molecule has 0 spiro atoms. The first-order chi connectivity index (χ1) is 8.49. The summed E-state index contributed by atoms with van der Waals surface area (Å²) in [5.74, 6) is -0.332. The Morgan fingerprint density at radius 1 is 1.44 bits per heavy atom. The van der Waals surface area contributed by atoms with E-state index < -0.39 is 0 Å². The van der Waals surface area contributed by atoms with Gasteiger partial charge in [0, 0.05) is 19.2 Å². The first kappa shape index (κ1) is 12.1. The molecule has 2 aliphatic heterocycles. The van der Waals surface area contributed by atoms with Gasteiger partial charge in [0.25, 0.3) is 0 Å². The smallest absolute Gasteiger partial charge is 0.144 e. The summed E-state index contributed by atoms with van der Waals surface area (Å²) in [4.78, 5) is 2.34. The van der Waals surface area contributed by atoms with Crippen molar-refractivity contribution in [3.05, 3.63) is 23.0 Å². The van der Waals surface area contributed by atoms with E-state index in [1.165, 1.54) is 6.42 Å². The number of fused-ring (bicyclic) bond motifs is 3. The van der Waals surface area contributed by atoms with Crippen LogP contribution in [0.2, 0.25) is 5.02 Å². The van der Waals surface area contributed by atoms with Crippen LogP contribution >= 0.6 is 11.6 Å². The van der Waals surface area contributed by atoms with Crippen molar-refractivity contribution in [1.82, 2.24) is 0 Å². The van der Waals surface area contributed by atoms with Gasteiger partial charge in [-0.3, -0.25) is 0 Å². The Labute approximate surface area is 112 Å². The van der Waals surface area contributed by atoms with E-state index in [0.29, 0.717) is 6.04 Å². The quantitative estimate of drug-likeness (QED) is 0.768. The zero-order chi connectivity index (χ0) is 12.9. The van der Waals surface area contributed by atoms with Gasteiger partial charge in [-0.05, 0) is 24.3 Å². The van der Waals surface area contributed by atoms with Crippen molar-refractivity contribution < 1.29 is 4.39 Å². The number of anilines is 2. The molecule has 1 N–H and O–H groups in total. The molecule has 1 unspecified atom stereocenters. The van der Waals surface area contributed by atoms with Crippen LogP contribution in [0.25, 0.3) is 0 Å². The van der Waals surface area contributed by atoms with E-state index >= 15 is 0 Å². The number of piperidine rings is 1. The zero-order valence-corrected chi connectivity index (χ0v) is 11.5. The van der Waals surface area contributed by atoms with Crippen molar-refractivity contribution in [3.8, 4) is 0 Å². The van der Waals surface area contributed by atoms with E-state index in [0.717, 1.165) is 30.9 Å². The minimum Gasteiger partial charge on any atom is -0.381 e. The molecule has 0 bridgehead atoms. The molecule has 2 heterocycles. The predicted octanol–water partition coefficient (Wildman–Crippen LogP) is 3.90. The van der Waals surface area contributed by atoms with Gasteiger partial charge in [-0.15, -0.1) is 0 Å². The third-order valence-corrected chi connectivity index (χ3v) is 4.62. The fraction of sp³-hybridized carbons (Fsp3) is 0.571. The Hall–Kier alpha value is -0.960. The standard InChI is InChI=1S/C14H18ClFN2/c1-14(2)4-3-5-18-12-7-10(16)9(15)6-11(12)17-8-13(14)18/h6-7,13,17H,3-5,8H2,1-2H3. The number of benzene rings is 1. The van der Waals surface area contributed by atoms with Gasteiger partial charge < -0.3 is 10.2 Å². The molecule has 0 amide bonds. The molecule has 1 fully saturated rings. The lowest BCUT2D eigenvalue weighted by molar-refractivity contribution is 0.217. The lowest BCUT2D eigenvalue weighted by Gasteiger charge is -2.51. The Balaban J connectivity index is 2.05. The predicted molar refractivity (Wildman–Crippen MR) is 74.0 cm³/mol. The third kappa shape index (κ3) is 1.76. The van der Waals surface area contributed by atoms with Gasteiger partial charge in [0.1, 0.15) is 5.82 Å². The van der Waals surface area contributed by atoms with E-state index in [1.54, 1.807) is 12.1 Å². The summed E-state index contributed by atoms with van der Waals surface area (Å²) < 4.78 is 13.7. The average molecular weight is 269 g/mol. The number of nitrogens with one attached hydrogen (secondary N) is 1. The average Bonchev–Trinajstić information content (AvgIpc) is 2.30. The lowest BCUT2D eigenvalue weighted by atomic mass is 9.75. The van der Waals surface area contributed by atoms with Crippen molar-refractivity contribution in [2.24, 2.45) is 5.41 Å². The number of halogens is 2. The summed E-state index contributed by atoms with van der Waals surface area (Å²) in [6.07, 6.45) is 2.38. The number of hydrogen-bond acceptors (Lipinski definition) is 2. The fourth-order valence-corrected chi connectivity index (χ4v) is 3.41. The van der Waals surface area contributed by atoms with Gasteiger partial charge in [0.05, 0.1) is 22.4 Å². The highest BCUT2D eigenvalue weighted by atomic mass is 35.5. The Morgan fingerprint density at radius 3 is 3.00 bits per heavy atom. The maximum atomic E-state index is 13.7. The van der Waals surface area contributed by atoms with Crippen LogP contribution in [0.5, 0.6) is 0 Å². The molecule has 2 aliphatic rings. The Kier molecular flexibility index (Phi) is 2.70. The summed E-state index contributed by atoms with van der Waals surface area (Å²) in [7, 11) is 0. The van der Waals surface area contributed by atoms with Crippen LogP contribution in [0.15, 0.2) is 12.1 Å². The second-order valence-electron chi connectivity index (χ2n) is 5.97. The van der Waals surface area contributed by atoms with Crippen LogP contribution in [0, 0.1) is 11.2 Å². The summed E-state index contributed by atoms with van der Waals surface area (Å²) in [5, 5.41) is 3.58. The normalized spacial score (nSPS) is 25.1. The summed E-state index contributed by atoms with van der Waals surface area (Å²) in [5.41, 5.74) is 2.18. The van der Waals surface area contributed by atoms with Crippen LogP contribution in [-0.2, 0) is 0 Å². The highest BCUT2D eigenvalue weighted by Crippen LogP contribution is 2.44. The summed E-state index contributed by atoms with van der Waals surface area (Å²) >= 11 is 5.84. The van der Waals surface area contributed by atoms with Gasteiger partial charge in [0.15, 0.2) is 0 Å². The molecule has 1 aromatic carbocycles. The minimum atomic E-state index is -0.332. The number of rotatable bonds is 0. The molecule has 3 rings (SSSR count). The molecular weight excluding hydrogens is 251 g/mol. The first-order valence-corrected chi connectivity index (χ1v) is 6.86. The molecule has 0 saturated carbocycles. The molecule has 4 heteroatoms. The van der Waals surface area contributed by atoms with Gasteiger partial charge in [-0.25, -0.2) is 4.39 Å². The second-order valence-corrected chi connectivity index (χ2v) is 6.37. The van der Waals surface area contributed by atoms with Crippen molar-refractivity contribution in [2.75, 3.05) is 23.3 Å². The SMILES string of the molecule is CC1(C)CCCN2c3cc(F)c(Cl)cc3NCC21. The van der Waals surface area contributed by atoms with Crippen LogP contribution < -0.4 is 10.2 Å².